The molecule has 0 amide bonds. The lowest BCUT2D eigenvalue weighted by Crippen LogP contribution is -2.21. The maximum absolute atomic E-state index is 11.4. The molecule has 0 fully saturated rings. The Kier molecular flexibility index (Phi) is 4.98. The van der Waals surface area contributed by atoms with Gasteiger partial charge in [0, 0.05) is 24.5 Å². The van der Waals surface area contributed by atoms with Crippen LogP contribution in [0.3, 0.4) is 0 Å². The second-order valence-electron chi connectivity index (χ2n) is 3.74. The van der Waals surface area contributed by atoms with Gasteiger partial charge < -0.3 is 4.90 Å². The predicted molar refractivity (Wildman–Crippen MR) is 73.0 cm³/mol. The van der Waals surface area contributed by atoms with E-state index in [0.717, 1.165) is 18.8 Å². The van der Waals surface area contributed by atoms with Crippen molar-refractivity contribution in [1.29, 1.82) is 5.26 Å². The van der Waals surface area contributed by atoms with Gasteiger partial charge in [-0.05, 0) is 38.1 Å². The first-order valence-electron chi connectivity index (χ1n) is 5.74. The molecule has 0 heterocycles. The summed E-state index contributed by atoms with van der Waals surface area (Å²) < 4.78 is 25.1. The summed E-state index contributed by atoms with van der Waals surface area (Å²) in [5, 5.41) is 8.38. The number of rotatable bonds is 6. The smallest absolute Gasteiger partial charge is 0.246 e. The standard InChI is InChI=1S/C12H17N3O2S/c1-3-15(4-2)12-7-5-11(6-8-12)14-18(16,17)10-9-13/h5-8,14H,3-4,10H2,1-2H3. The summed E-state index contributed by atoms with van der Waals surface area (Å²) in [5.74, 6) is -0.537. The average Bonchev–Trinajstić information content (AvgIpc) is 2.32. The number of hydrogen-bond acceptors (Lipinski definition) is 4. The van der Waals surface area contributed by atoms with Gasteiger partial charge in [-0.3, -0.25) is 4.72 Å². The van der Waals surface area contributed by atoms with Crippen LogP contribution in [-0.2, 0) is 10.0 Å². The van der Waals surface area contributed by atoms with E-state index >= 15 is 0 Å². The highest BCUT2D eigenvalue weighted by Gasteiger charge is 2.09. The van der Waals surface area contributed by atoms with Gasteiger partial charge in [-0.15, -0.1) is 0 Å². The maximum atomic E-state index is 11.4. The highest BCUT2D eigenvalue weighted by Crippen LogP contribution is 2.18. The lowest BCUT2D eigenvalue weighted by atomic mass is 10.2. The Morgan fingerprint density at radius 2 is 1.78 bits per heavy atom. The fourth-order valence-electron chi connectivity index (χ4n) is 1.63. The average molecular weight is 267 g/mol. The fourth-order valence-corrected chi connectivity index (χ4v) is 2.37. The van der Waals surface area contributed by atoms with Gasteiger partial charge in [-0.1, -0.05) is 0 Å². The SMILES string of the molecule is CCN(CC)c1ccc(NS(=O)(=O)CC#N)cc1. The van der Waals surface area contributed by atoms with Crippen LogP contribution < -0.4 is 9.62 Å². The molecule has 0 aliphatic rings. The molecule has 18 heavy (non-hydrogen) atoms. The van der Waals surface area contributed by atoms with Crippen molar-refractivity contribution in [3.8, 4) is 6.07 Å². The minimum absolute atomic E-state index is 0.473. The molecule has 0 aromatic heterocycles. The molecule has 6 heteroatoms. The summed E-state index contributed by atoms with van der Waals surface area (Å²) >= 11 is 0. The van der Waals surface area contributed by atoms with E-state index in [-0.39, 0.29) is 0 Å². The Morgan fingerprint density at radius 1 is 1.22 bits per heavy atom. The first-order valence-corrected chi connectivity index (χ1v) is 7.40. The summed E-state index contributed by atoms with van der Waals surface area (Å²) in [6, 6.07) is 8.73. The molecule has 98 valence electrons. The zero-order valence-electron chi connectivity index (χ0n) is 10.5. The van der Waals surface area contributed by atoms with Crippen molar-refractivity contribution in [1.82, 2.24) is 0 Å². The van der Waals surface area contributed by atoms with Crippen LogP contribution in [0, 0.1) is 11.3 Å². The molecule has 0 aliphatic carbocycles. The summed E-state index contributed by atoms with van der Waals surface area (Å²) in [6.45, 7) is 5.92. The summed E-state index contributed by atoms with van der Waals surface area (Å²) in [4.78, 5) is 2.16. The lowest BCUT2D eigenvalue weighted by Gasteiger charge is -2.21. The first kappa shape index (κ1) is 14.3. The van der Waals surface area contributed by atoms with E-state index in [1.807, 2.05) is 12.1 Å². The third kappa shape index (κ3) is 3.93. The molecule has 0 unspecified atom stereocenters. The minimum Gasteiger partial charge on any atom is -0.372 e. The van der Waals surface area contributed by atoms with Gasteiger partial charge in [-0.2, -0.15) is 5.26 Å². The number of benzene rings is 1. The molecule has 1 N–H and O–H groups in total. The van der Waals surface area contributed by atoms with E-state index in [4.69, 9.17) is 5.26 Å². The molecule has 0 saturated carbocycles. The van der Waals surface area contributed by atoms with E-state index in [9.17, 15) is 8.42 Å². The van der Waals surface area contributed by atoms with E-state index in [0.29, 0.717) is 5.69 Å². The summed E-state index contributed by atoms with van der Waals surface area (Å²) in [5.41, 5.74) is 1.52. The number of nitrogens with zero attached hydrogens (tertiary/aromatic N) is 2. The van der Waals surface area contributed by atoms with E-state index in [1.165, 1.54) is 0 Å². The lowest BCUT2D eigenvalue weighted by molar-refractivity contribution is 0.604. The van der Waals surface area contributed by atoms with Gasteiger partial charge in [0.15, 0.2) is 5.75 Å². The van der Waals surface area contributed by atoms with Crippen molar-refractivity contribution in [2.75, 3.05) is 28.5 Å². The van der Waals surface area contributed by atoms with Gasteiger partial charge in [-0.25, -0.2) is 8.42 Å². The summed E-state index contributed by atoms with van der Waals surface area (Å²) in [6.07, 6.45) is 0. The van der Waals surface area contributed by atoms with Crippen molar-refractivity contribution in [3.63, 3.8) is 0 Å². The Balaban J connectivity index is 2.81. The van der Waals surface area contributed by atoms with Gasteiger partial charge in [0.2, 0.25) is 10.0 Å². The van der Waals surface area contributed by atoms with Crippen LogP contribution in [0.5, 0.6) is 0 Å². The molecule has 0 atom stereocenters. The first-order chi connectivity index (χ1) is 8.52. The molecule has 1 aromatic carbocycles. The monoisotopic (exact) mass is 267 g/mol. The van der Waals surface area contributed by atoms with Gasteiger partial charge in [0.05, 0.1) is 6.07 Å². The molecule has 5 nitrogen and oxygen atoms in total. The zero-order valence-corrected chi connectivity index (χ0v) is 11.4. The maximum Gasteiger partial charge on any atom is 0.246 e. The molecule has 0 radical (unpaired) electrons. The third-order valence-corrected chi connectivity index (χ3v) is 3.58. The number of nitriles is 1. The van der Waals surface area contributed by atoms with Crippen LogP contribution >= 0.6 is 0 Å². The highest BCUT2D eigenvalue weighted by atomic mass is 32.2. The van der Waals surface area contributed by atoms with Crippen LogP contribution in [0.25, 0.3) is 0 Å². The number of sulfonamides is 1. The van der Waals surface area contributed by atoms with Crippen molar-refractivity contribution in [3.05, 3.63) is 24.3 Å². The summed E-state index contributed by atoms with van der Waals surface area (Å²) in [7, 11) is -3.55. The topological polar surface area (TPSA) is 73.2 Å². The van der Waals surface area contributed by atoms with Crippen LogP contribution in [-0.4, -0.2) is 27.3 Å². The normalized spacial score (nSPS) is 10.7. The Labute approximate surface area is 108 Å². The molecular weight excluding hydrogens is 250 g/mol. The second-order valence-corrected chi connectivity index (χ2v) is 5.46. The predicted octanol–water partition coefficient (Wildman–Crippen LogP) is 1.80. The third-order valence-electron chi connectivity index (χ3n) is 2.52. The fraction of sp³-hybridized carbons (Fsp3) is 0.417. The largest absolute Gasteiger partial charge is 0.372 e. The van der Waals surface area contributed by atoms with E-state index in [2.05, 4.69) is 23.5 Å². The quantitative estimate of drug-likeness (QED) is 0.853. The van der Waals surface area contributed by atoms with Crippen LogP contribution in [0.1, 0.15) is 13.8 Å². The van der Waals surface area contributed by atoms with E-state index < -0.39 is 15.8 Å². The second kappa shape index (κ2) is 6.26. The molecule has 1 rings (SSSR count). The van der Waals surface area contributed by atoms with Gasteiger partial charge >= 0.3 is 0 Å². The molecule has 0 spiro atoms. The molecule has 0 saturated heterocycles. The Bertz CT molecular complexity index is 513. The number of nitrogens with one attached hydrogen (secondary N) is 1. The van der Waals surface area contributed by atoms with Crippen molar-refractivity contribution in [2.24, 2.45) is 0 Å². The van der Waals surface area contributed by atoms with Crippen molar-refractivity contribution in [2.45, 2.75) is 13.8 Å². The van der Waals surface area contributed by atoms with Gasteiger partial charge in [0.1, 0.15) is 0 Å². The highest BCUT2D eigenvalue weighted by molar-refractivity contribution is 7.92. The number of anilines is 2. The van der Waals surface area contributed by atoms with Crippen molar-refractivity contribution < 1.29 is 8.42 Å². The van der Waals surface area contributed by atoms with Gasteiger partial charge in [0.25, 0.3) is 0 Å². The zero-order chi connectivity index (χ0) is 13.6. The number of hydrogen-bond donors (Lipinski definition) is 1. The van der Waals surface area contributed by atoms with Crippen LogP contribution in [0.2, 0.25) is 0 Å². The Hall–Kier alpha value is -1.74. The molecule has 0 aliphatic heterocycles. The Morgan fingerprint density at radius 3 is 2.22 bits per heavy atom. The molecule has 0 bridgehead atoms. The van der Waals surface area contributed by atoms with Crippen LogP contribution in [0.15, 0.2) is 24.3 Å². The van der Waals surface area contributed by atoms with E-state index in [1.54, 1.807) is 18.2 Å². The minimum atomic E-state index is -3.55. The van der Waals surface area contributed by atoms with Crippen LogP contribution in [0.4, 0.5) is 11.4 Å². The van der Waals surface area contributed by atoms with Crippen molar-refractivity contribution >= 4 is 21.4 Å². The molecule has 1 aromatic rings. The molecular formula is C12H17N3O2S.